The summed E-state index contributed by atoms with van der Waals surface area (Å²) in [5.41, 5.74) is 3.21. The van der Waals surface area contributed by atoms with Gasteiger partial charge in [-0.3, -0.25) is 5.10 Å². The Labute approximate surface area is 154 Å². The fraction of sp³-hybridized carbons (Fsp3) is 0.294. The van der Waals surface area contributed by atoms with Crippen molar-refractivity contribution in [3.8, 4) is 0 Å². The molecular weight excluding hydrogens is 352 g/mol. The molecule has 1 fully saturated rings. The molecule has 5 rings (SSSR count). The molecule has 3 aromatic rings. The van der Waals surface area contributed by atoms with E-state index in [2.05, 4.69) is 35.9 Å². The van der Waals surface area contributed by atoms with Crippen LogP contribution in [0.4, 0.5) is 11.5 Å². The maximum Gasteiger partial charge on any atom is 0.162 e. The second kappa shape index (κ2) is 6.22. The zero-order valence-corrected chi connectivity index (χ0v) is 14.7. The number of hydrogen-bond acceptors (Lipinski definition) is 6. The Bertz CT molecular complexity index is 1020. The van der Waals surface area contributed by atoms with Gasteiger partial charge in [-0.1, -0.05) is 29.8 Å². The average molecular weight is 369 g/mol. The number of fused-ring (bicyclic) bond motifs is 1. The number of H-pyrrole nitrogens is 1. The Morgan fingerprint density at radius 2 is 2.04 bits per heavy atom. The van der Waals surface area contributed by atoms with Gasteiger partial charge in [0.05, 0.1) is 24.1 Å². The number of aromatic nitrogens is 6. The summed E-state index contributed by atoms with van der Waals surface area (Å²) in [6.45, 7) is 1.96. The number of allylic oxidation sites excluding steroid dienone is 4. The standard InChI is InChI=1S/C17H17ClN8/c18-15-13(9-21-26(15)11-4-6-19-7-5-11)23-17-14-12(8-20-25-14)22-16(24-17)10-2-1-3-10/h1-3,8-9,11,19H,4-7H2,(H,20,25)(H,22,23,24). The molecule has 0 amide bonds. The van der Waals surface area contributed by atoms with Gasteiger partial charge in [0.1, 0.15) is 11.0 Å². The van der Waals surface area contributed by atoms with Crippen molar-refractivity contribution in [2.75, 3.05) is 18.4 Å². The zero-order chi connectivity index (χ0) is 17.5. The molecule has 0 aromatic carbocycles. The highest BCUT2D eigenvalue weighted by molar-refractivity contribution is 6.32. The molecule has 0 saturated carbocycles. The molecule has 0 bridgehead atoms. The Kier molecular flexibility index (Phi) is 3.72. The number of hydrogen-bond donors (Lipinski definition) is 3. The van der Waals surface area contributed by atoms with E-state index in [1.54, 1.807) is 12.4 Å². The molecule has 1 saturated heterocycles. The lowest BCUT2D eigenvalue weighted by molar-refractivity contribution is 0.343. The summed E-state index contributed by atoms with van der Waals surface area (Å²) in [5, 5.41) is 18.8. The second-order valence-corrected chi connectivity index (χ2v) is 6.76. The quantitative estimate of drug-likeness (QED) is 0.655. The molecule has 0 unspecified atom stereocenters. The zero-order valence-electron chi connectivity index (χ0n) is 13.9. The third-order valence-corrected chi connectivity index (χ3v) is 5.13. The van der Waals surface area contributed by atoms with E-state index >= 15 is 0 Å². The lowest BCUT2D eigenvalue weighted by Gasteiger charge is -2.23. The monoisotopic (exact) mass is 368 g/mol. The van der Waals surface area contributed by atoms with Gasteiger partial charge in [0.2, 0.25) is 0 Å². The number of aromatic amines is 1. The van der Waals surface area contributed by atoms with E-state index in [9.17, 15) is 0 Å². The minimum absolute atomic E-state index is 0.317. The Morgan fingerprint density at radius 3 is 2.81 bits per heavy atom. The van der Waals surface area contributed by atoms with Crippen molar-refractivity contribution < 1.29 is 0 Å². The van der Waals surface area contributed by atoms with E-state index in [4.69, 9.17) is 11.6 Å². The fourth-order valence-corrected chi connectivity index (χ4v) is 3.54. The van der Waals surface area contributed by atoms with Gasteiger partial charge in [0.25, 0.3) is 0 Å². The summed E-state index contributed by atoms with van der Waals surface area (Å²) in [6.07, 6.45) is 11.4. The summed E-state index contributed by atoms with van der Waals surface area (Å²) >= 11 is 6.60. The van der Waals surface area contributed by atoms with Crippen LogP contribution >= 0.6 is 11.6 Å². The second-order valence-electron chi connectivity index (χ2n) is 6.41. The number of nitrogens with one attached hydrogen (secondary N) is 3. The first-order valence-corrected chi connectivity index (χ1v) is 8.98. The number of piperidine rings is 1. The molecular formula is C17H17ClN8. The van der Waals surface area contributed by atoms with Crippen LogP contribution in [-0.4, -0.2) is 43.0 Å². The first-order valence-electron chi connectivity index (χ1n) is 8.60. The van der Waals surface area contributed by atoms with Gasteiger partial charge in [0, 0.05) is 5.57 Å². The summed E-state index contributed by atoms with van der Waals surface area (Å²) in [4.78, 5) is 9.17. The van der Waals surface area contributed by atoms with Gasteiger partial charge in [-0.05, 0) is 25.9 Å². The van der Waals surface area contributed by atoms with Crippen LogP contribution in [0.5, 0.6) is 0 Å². The number of anilines is 2. The molecule has 2 aliphatic rings. The van der Waals surface area contributed by atoms with Crippen molar-refractivity contribution in [2.24, 2.45) is 0 Å². The van der Waals surface area contributed by atoms with Gasteiger partial charge < -0.3 is 10.6 Å². The highest BCUT2D eigenvalue weighted by Gasteiger charge is 2.21. The predicted molar refractivity (Wildman–Crippen MR) is 100 cm³/mol. The van der Waals surface area contributed by atoms with Gasteiger partial charge in [-0.25, -0.2) is 14.6 Å². The van der Waals surface area contributed by atoms with Crippen molar-refractivity contribution in [3.05, 3.63) is 41.6 Å². The van der Waals surface area contributed by atoms with Crippen LogP contribution in [0, 0.1) is 0 Å². The van der Waals surface area contributed by atoms with E-state index in [0.29, 0.717) is 22.8 Å². The first kappa shape index (κ1) is 15.5. The topological polar surface area (TPSA) is 96.3 Å². The predicted octanol–water partition coefficient (Wildman–Crippen LogP) is 2.82. The van der Waals surface area contributed by atoms with Gasteiger partial charge in [-0.2, -0.15) is 10.2 Å². The van der Waals surface area contributed by atoms with E-state index in [0.717, 1.165) is 48.2 Å². The smallest absolute Gasteiger partial charge is 0.162 e. The lowest BCUT2D eigenvalue weighted by atomic mass is 10.1. The molecule has 132 valence electrons. The van der Waals surface area contributed by atoms with Crippen LogP contribution in [0.1, 0.15) is 24.7 Å². The first-order chi connectivity index (χ1) is 12.8. The lowest BCUT2D eigenvalue weighted by Crippen LogP contribution is -2.29. The Hall–Kier alpha value is -2.71. The highest BCUT2D eigenvalue weighted by Crippen LogP contribution is 2.32. The largest absolute Gasteiger partial charge is 0.334 e. The summed E-state index contributed by atoms with van der Waals surface area (Å²) in [5.74, 6) is 1.29. The van der Waals surface area contributed by atoms with Crippen molar-refractivity contribution in [1.82, 2.24) is 35.3 Å². The molecule has 3 aromatic heterocycles. The molecule has 1 aliphatic heterocycles. The molecule has 0 atom stereocenters. The average Bonchev–Trinajstić information content (AvgIpc) is 3.22. The third-order valence-electron chi connectivity index (χ3n) is 4.75. The molecule has 8 nitrogen and oxygen atoms in total. The maximum absolute atomic E-state index is 6.60. The SMILES string of the molecule is Clc1c(Nc2nc(C3=CC=C3)nc3cn[nH]c23)cnn1C1CCNCC1. The molecule has 0 radical (unpaired) electrons. The number of halogens is 1. The minimum atomic E-state index is 0.317. The van der Waals surface area contributed by atoms with E-state index < -0.39 is 0 Å². The van der Waals surface area contributed by atoms with E-state index in [1.807, 2.05) is 22.9 Å². The number of rotatable bonds is 4. The summed E-state index contributed by atoms with van der Waals surface area (Å²) in [6, 6.07) is 0.317. The van der Waals surface area contributed by atoms with Crippen molar-refractivity contribution >= 4 is 39.7 Å². The third kappa shape index (κ3) is 2.58. The minimum Gasteiger partial charge on any atom is -0.334 e. The normalized spacial score (nSPS) is 17.3. The van der Waals surface area contributed by atoms with Crippen LogP contribution in [0.25, 0.3) is 16.6 Å². The van der Waals surface area contributed by atoms with Crippen molar-refractivity contribution in [3.63, 3.8) is 0 Å². The van der Waals surface area contributed by atoms with Crippen LogP contribution in [0.2, 0.25) is 5.15 Å². The van der Waals surface area contributed by atoms with Gasteiger partial charge in [0.15, 0.2) is 16.8 Å². The molecule has 9 heteroatoms. The summed E-state index contributed by atoms with van der Waals surface area (Å²) < 4.78 is 1.90. The van der Waals surface area contributed by atoms with Crippen LogP contribution in [-0.2, 0) is 0 Å². The molecule has 26 heavy (non-hydrogen) atoms. The Morgan fingerprint density at radius 1 is 1.19 bits per heavy atom. The van der Waals surface area contributed by atoms with Crippen molar-refractivity contribution in [2.45, 2.75) is 18.9 Å². The van der Waals surface area contributed by atoms with Crippen LogP contribution < -0.4 is 10.6 Å². The number of nitrogens with zero attached hydrogens (tertiary/aromatic N) is 5. The molecule has 3 N–H and O–H groups in total. The van der Waals surface area contributed by atoms with Crippen LogP contribution in [0.15, 0.2) is 30.6 Å². The van der Waals surface area contributed by atoms with Gasteiger partial charge >= 0.3 is 0 Å². The molecule has 0 spiro atoms. The Balaban J connectivity index is 1.49. The fourth-order valence-electron chi connectivity index (χ4n) is 3.27. The maximum atomic E-state index is 6.60. The summed E-state index contributed by atoms with van der Waals surface area (Å²) in [7, 11) is 0. The van der Waals surface area contributed by atoms with E-state index in [1.165, 1.54) is 0 Å². The van der Waals surface area contributed by atoms with Crippen LogP contribution in [0.3, 0.4) is 0 Å². The molecule has 4 heterocycles. The van der Waals surface area contributed by atoms with E-state index in [-0.39, 0.29) is 0 Å². The highest BCUT2D eigenvalue weighted by atomic mass is 35.5. The molecule has 1 aliphatic carbocycles. The van der Waals surface area contributed by atoms with Crippen molar-refractivity contribution in [1.29, 1.82) is 0 Å². The van der Waals surface area contributed by atoms with Gasteiger partial charge in [-0.15, -0.1) is 0 Å².